The summed E-state index contributed by atoms with van der Waals surface area (Å²) in [5.41, 5.74) is 0.633. The molecular weight excluding hydrogens is 712 g/mol. The number of quaternary nitrogens is 1. The minimum Gasteiger partial charge on any atom is -0.498 e. The molecule has 1 aromatic heterocycles. The van der Waals surface area contributed by atoms with E-state index in [4.69, 9.17) is 0 Å². The molecule has 3 amide bonds. The second kappa shape index (κ2) is 13.1. The lowest BCUT2D eigenvalue weighted by molar-refractivity contribution is -0.956. The van der Waals surface area contributed by atoms with Crippen molar-refractivity contribution >= 4 is 67.3 Å². The molecule has 238 valence electrons. The number of likely N-dealkylation sites (tertiary alicyclic amines) is 2. The van der Waals surface area contributed by atoms with Crippen molar-refractivity contribution in [2.24, 2.45) is 0 Å². The van der Waals surface area contributed by atoms with Crippen molar-refractivity contribution in [2.45, 2.75) is 62.9 Å². The van der Waals surface area contributed by atoms with E-state index in [1.165, 1.54) is 0 Å². The number of carboxylic acid groups (broad SMARTS) is 1. The largest absolute Gasteiger partial charge is 0.498 e. The minimum atomic E-state index is -1.17. The van der Waals surface area contributed by atoms with Crippen molar-refractivity contribution in [3.8, 4) is 0 Å². The number of hydrogen-bond donors (Lipinski definition) is 1. The van der Waals surface area contributed by atoms with Gasteiger partial charge in [0, 0.05) is 83.6 Å². The van der Waals surface area contributed by atoms with E-state index in [-0.39, 0.29) is 36.1 Å². The van der Waals surface area contributed by atoms with Crippen molar-refractivity contribution in [3.63, 3.8) is 0 Å². The average Bonchev–Trinajstić information content (AvgIpc) is 3.47. The number of hydrogen-bond acceptors (Lipinski definition) is 8. The molecule has 6 rings (SSSR count). The van der Waals surface area contributed by atoms with Crippen LogP contribution in [-0.4, -0.2) is 113 Å². The number of nitrogens with one attached hydrogen (secondary N) is 1. The summed E-state index contributed by atoms with van der Waals surface area (Å²) in [4.78, 5) is 49.7. The smallest absolute Gasteiger partial charge is 0.322 e. The Hall–Kier alpha value is -1.87. The third-order valence-electron chi connectivity index (χ3n) is 10.5. The highest BCUT2D eigenvalue weighted by molar-refractivity contribution is 9.13. The second-order valence-electron chi connectivity index (χ2n) is 12.7. The maximum absolute atomic E-state index is 13.6. The summed E-state index contributed by atoms with van der Waals surface area (Å²) in [7, 11) is 2.16. The fourth-order valence-corrected chi connectivity index (χ4v) is 9.54. The summed E-state index contributed by atoms with van der Waals surface area (Å²) >= 11 is 8.73. The molecule has 0 radical (unpaired) electrons. The van der Waals surface area contributed by atoms with Crippen LogP contribution in [-0.2, 0) is 17.9 Å². The van der Waals surface area contributed by atoms with Crippen LogP contribution in [0.2, 0.25) is 0 Å². The lowest BCUT2D eigenvalue weighted by Gasteiger charge is -2.62. The summed E-state index contributed by atoms with van der Waals surface area (Å²) < 4.78 is 1.36. The monoisotopic (exact) mass is 750 g/mol. The summed E-state index contributed by atoms with van der Waals surface area (Å²) in [5.74, 6) is 0. The van der Waals surface area contributed by atoms with Crippen LogP contribution in [0.1, 0.15) is 42.5 Å². The van der Waals surface area contributed by atoms with Crippen LogP contribution >= 0.6 is 43.2 Å². The Bertz CT molecular complexity index is 1390. The Morgan fingerprint density at radius 3 is 2.52 bits per heavy atom. The molecule has 2 aromatic rings. The number of anilines is 1. The van der Waals surface area contributed by atoms with Gasteiger partial charge in [-0.05, 0) is 75.3 Å². The number of halogens is 2. The quantitative estimate of drug-likeness (QED) is 0.336. The predicted octanol–water partition coefficient (Wildman–Crippen LogP) is 4.14. The van der Waals surface area contributed by atoms with Gasteiger partial charge >= 0.3 is 6.03 Å². The lowest BCUT2D eigenvalue weighted by atomic mass is 9.81. The lowest BCUT2D eigenvalue weighted by Crippen LogP contribution is -2.80. The third kappa shape index (κ3) is 5.89. The highest BCUT2D eigenvalue weighted by Crippen LogP contribution is 2.46. The van der Waals surface area contributed by atoms with E-state index in [0.717, 1.165) is 70.4 Å². The molecule has 0 spiro atoms. The number of rotatable bonds is 7. The van der Waals surface area contributed by atoms with E-state index in [2.05, 4.69) is 58.9 Å². The highest BCUT2D eigenvalue weighted by Gasteiger charge is 2.61. The summed E-state index contributed by atoms with van der Waals surface area (Å²) in [5, 5.41) is 18.6. The van der Waals surface area contributed by atoms with Crippen molar-refractivity contribution in [1.82, 2.24) is 19.6 Å². The first-order chi connectivity index (χ1) is 21.2. The molecule has 3 fully saturated rings. The van der Waals surface area contributed by atoms with Crippen molar-refractivity contribution in [3.05, 3.63) is 49.0 Å². The number of fused-ring (bicyclic) bond motifs is 1. The highest BCUT2D eigenvalue weighted by atomic mass is 79.9. The Labute approximate surface area is 279 Å². The Kier molecular flexibility index (Phi) is 9.55. The van der Waals surface area contributed by atoms with Gasteiger partial charge in [-0.2, -0.15) is 0 Å². The molecule has 5 heterocycles. The van der Waals surface area contributed by atoms with Gasteiger partial charge < -0.3 is 29.8 Å². The van der Waals surface area contributed by atoms with Gasteiger partial charge in [-0.3, -0.25) is 14.3 Å². The first kappa shape index (κ1) is 32.1. The van der Waals surface area contributed by atoms with Gasteiger partial charge in [0.1, 0.15) is 12.8 Å². The molecule has 1 aromatic carbocycles. The molecule has 4 aliphatic heterocycles. The number of piperidine rings is 2. The molecule has 3 atom stereocenters. The predicted molar refractivity (Wildman–Crippen MR) is 175 cm³/mol. The topological polar surface area (TPSA) is 99.3 Å². The maximum atomic E-state index is 13.6. The van der Waals surface area contributed by atoms with Crippen molar-refractivity contribution in [1.29, 1.82) is 0 Å². The molecule has 2 unspecified atom stereocenters. The SMILES string of the molecule is CN1CCN(C2CCN(C3(CC=O)CC(N4Cc5sccc5NC4=O)CC[N@+]3(Cc3ccc(Br)c(Br)c3)C(=O)[O-])CC2)CC1. The van der Waals surface area contributed by atoms with E-state index in [9.17, 15) is 19.5 Å². The van der Waals surface area contributed by atoms with Crippen molar-refractivity contribution < 1.29 is 24.0 Å². The van der Waals surface area contributed by atoms with Gasteiger partial charge in [-0.15, -0.1) is 11.3 Å². The van der Waals surface area contributed by atoms with Gasteiger partial charge in [0.2, 0.25) is 0 Å². The number of likely N-dealkylation sites (N-methyl/N-ethyl adjacent to an activating group) is 1. The molecule has 13 heteroatoms. The number of carbonyl (C=O) groups excluding carboxylic acids is 3. The summed E-state index contributed by atoms with van der Waals surface area (Å²) in [6.45, 7) is 6.48. The van der Waals surface area contributed by atoms with Crippen LogP contribution in [0.3, 0.4) is 0 Å². The van der Waals surface area contributed by atoms with E-state index >= 15 is 0 Å². The molecule has 44 heavy (non-hydrogen) atoms. The third-order valence-corrected chi connectivity index (χ3v) is 13.3. The maximum Gasteiger partial charge on any atom is 0.322 e. The number of amides is 3. The fraction of sp³-hybridized carbons (Fsp3) is 0.581. The van der Waals surface area contributed by atoms with Crippen LogP contribution < -0.4 is 10.4 Å². The molecule has 3 saturated heterocycles. The molecule has 1 N–H and O–H groups in total. The zero-order valence-electron chi connectivity index (χ0n) is 25.1. The number of thiophene rings is 1. The fourth-order valence-electron chi connectivity index (χ4n) is 8.04. The first-order valence-electron chi connectivity index (χ1n) is 15.4. The first-order valence-corrected chi connectivity index (χ1v) is 17.9. The Morgan fingerprint density at radius 1 is 1.09 bits per heavy atom. The van der Waals surface area contributed by atoms with Crippen LogP contribution in [0.4, 0.5) is 15.3 Å². The number of carbonyl (C=O) groups is 3. The molecule has 10 nitrogen and oxygen atoms in total. The Morgan fingerprint density at radius 2 is 1.84 bits per heavy atom. The van der Waals surface area contributed by atoms with E-state index in [0.29, 0.717) is 38.5 Å². The van der Waals surface area contributed by atoms with Gasteiger partial charge in [0.05, 0.1) is 25.2 Å². The number of urea groups is 1. The number of nitrogens with zero attached hydrogens (tertiary/aromatic N) is 5. The van der Waals surface area contributed by atoms with E-state index < -0.39 is 11.8 Å². The van der Waals surface area contributed by atoms with Gasteiger partial charge in [-0.1, -0.05) is 6.07 Å². The molecule has 0 bridgehead atoms. The number of piperazine rings is 1. The zero-order chi connectivity index (χ0) is 31.1. The van der Waals surface area contributed by atoms with Crippen LogP contribution in [0, 0.1) is 0 Å². The number of benzene rings is 1. The molecular formula is C31H40Br2N6O4S. The normalized spacial score (nSPS) is 29.3. The van der Waals surface area contributed by atoms with Gasteiger partial charge in [0.25, 0.3) is 6.09 Å². The van der Waals surface area contributed by atoms with Crippen molar-refractivity contribution in [2.75, 3.05) is 58.2 Å². The van der Waals surface area contributed by atoms with Crippen LogP contribution in [0.25, 0.3) is 0 Å². The van der Waals surface area contributed by atoms with Gasteiger partial charge in [-0.25, -0.2) is 4.79 Å². The second-order valence-corrected chi connectivity index (χ2v) is 15.4. The summed E-state index contributed by atoms with van der Waals surface area (Å²) in [6.07, 6.45) is 2.46. The van der Waals surface area contributed by atoms with E-state index in [1.54, 1.807) is 11.3 Å². The molecule has 0 saturated carbocycles. The van der Waals surface area contributed by atoms with E-state index in [1.807, 2.05) is 34.5 Å². The number of aldehydes is 1. The average molecular weight is 753 g/mol. The van der Waals surface area contributed by atoms with Crippen LogP contribution in [0.15, 0.2) is 38.6 Å². The Balaban J connectivity index is 1.35. The standard InChI is InChI=1S/C31H40Br2N6O4S/c1-35-11-13-36(14-12-35)23-4-9-37(10-5-23)31(8-16-40)19-24(38-20-28-27(7-17-44-28)34-29(38)41)6-15-39(31,30(42)43)21-22-2-3-25(32)26(33)18-22/h2-3,7,16-18,23-24H,4-6,8-15,19-21H2,1H3,(H-,34,41,42,43)/t24?,31?,39-/m0/s1. The summed E-state index contributed by atoms with van der Waals surface area (Å²) in [6, 6.07) is 7.77. The van der Waals surface area contributed by atoms with Crippen LogP contribution in [0.5, 0.6) is 0 Å². The molecule has 4 aliphatic rings. The van der Waals surface area contributed by atoms with Gasteiger partial charge in [0.15, 0.2) is 5.66 Å². The minimum absolute atomic E-state index is 0.0497. The molecule has 0 aliphatic carbocycles. The zero-order valence-corrected chi connectivity index (χ0v) is 29.0.